The van der Waals surface area contributed by atoms with Crippen molar-refractivity contribution in [1.29, 1.82) is 0 Å². The molecule has 0 amide bonds. The van der Waals surface area contributed by atoms with Gasteiger partial charge >= 0.3 is 0 Å². The molecular weight excluding hydrogens is 142 g/mol. The van der Waals surface area contributed by atoms with Crippen LogP contribution in [-0.4, -0.2) is 38.6 Å². The van der Waals surface area contributed by atoms with E-state index in [0.29, 0.717) is 6.61 Å². The summed E-state index contributed by atoms with van der Waals surface area (Å²) in [6, 6.07) is 0. The summed E-state index contributed by atoms with van der Waals surface area (Å²) in [7, 11) is 5.56. The lowest BCUT2D eigenvalue weighted by Crippen LogP contribution is -2.47. The molecule has 3 nitrogen and oxygen atoms in total. The lowest BCUT2D eigenvalue weighted by Gasteiger charge is -2.36. The van der Waals surface area contributed by atoms with E-state index in [1.165, 1.54) is 0 Å². The van der Waals surface area contributed by atoms with Crippen LogP contribution in [0, 0.1) is 0 Å². The Labute approximate surface area is 69.3 Å². The van der Waals surface area contributed by atoms with Crippen molar-refractivity contribution in [2.24, 2.45) is 0 Å². The fraction of sp³-hybridized carbons (Fsp3) is 1.00. The predicted octanol–water partition coefficient (Wildman–Crippen LogP) is 1.29. The fourth-order valence-electron chi connectivity index (χ4n) is 1.16. The van der Waals surface area contributed by atoms with Gasteiger partial charge in [-0.15, -0.1) is 0 Å². The van der Waals surface area contributed by atoms with Crippen LogP contribution in [0.1, 0.15) is 20.3 Å². The third kappa shape index (κ3) is 2.43. The Morgan fingerprint density at radius 2 is 1.82 bits per heavy atom. The molecular formula is C8H19NO2. The molecule has 0 aromatic heterocycles. The van der Waals surface area contributed by atoms with Crippen molar-refractivity contribution in [2.75, 3.05) is 27.8 Å². The summed E-state index contributed by atoms with van der Waals surface area (Å²) in [5.41, 5.74) is 0. The number of rotatable bonds is 5. The summed E-state index contributed by atoms with van der Waals surface area (Å²) in [5.74, 6) is -0.533. The van der Waals surface area contributed by atoms with E-state index in [1.807, 2.05) is 32.8 Å². The maximum Gasteiger partial charge on any atom is 0.228 e. The molecule has 11 heavy (non-hydrogen) atoms. The van der Waals surface area contributed by atoms with E-state index in [4.69, 9.17) is 9.47 Å². The van der Waals surface area contributed by atoms with E-state index in [9.17, 15) is 0 Å². The zero-order valence-electron chi connectivity index (χ0n) is 8.18. The molecule has 0 rings (SSSR count). The number of hydrogen-bond acceptors (Lipinski definition) is 3. The Balaban J connectivity index is 4.20. The topological polar surface area (TPSA) is 21.7 Å². The maximum atomic E-state index is 5.49. The molecule has 0 aliphatic carbocycles. The Kier molecular flexibility index (Phi) is 4.65. The predicted molar refractivity (Wildman–Crippen MR) is 45.3 cm³/mol. The van der Waals surface area contributed by atoms with Crippen LogP contribution in [0.5, 0.6) is 0 Å². The zero-order valence-corrected chi connectivity index (χ0v) is 8.18. The average Bonchev–Trinajstić information content (AvgIpc) is 2.00. The molecule has 0 saturated heterocycles. The van der Waals surface area contributed by atoms with E-state index in [0.717, 1.165) is 6.42 Å². The van der Waals surface area contributed by atoms with Crippen LogP contribution in [0.4, 0.5) is 0 Å². The van der Waals surface area contributed by atoms with E-state index >= 15 is 0 Å². The Hall–Kier alpha value is -0.120. The molecule has 0 aliphatic rings. The van der Waals surface area contributed by atoms with E-state index in [-0.39, 0.29) is 0 Å². The van der Waals surface area contributed by atoms with Crippen molar-refractivity contribution >= 4 is 0 Å². The molecule has 0 N–H and O–H groups in total. The molecule has 3 heteroatoms. The van der Waals surface area contributed by atoms with Crippen LogP contribution in [-0.2, 0) is 9.47 Å². The summed E-state index contributed by atoms with van der Waals surface area (Å²) in [5, 5.41) is 0. The largest absolute Gasteiger partial charge is 0.341 e. The lowest BCUT2D eigenvalue weighted by atomic mass is 10.3. The second kappa shape index (κ2) is 4.70. The normalized spacial score (nSPS) is 16.9. The monoisotopic (exact) mass is 161 g/mol. The Bertz CT molecular complexity index is 100. The molecule has 0 fully saturated rings. The fourth-order valence-corrected chi connectivity index (χ4v) is 1.16. The van der Waals surface area contributed by atoms with Gasteiger partial charge in [-0.25, -0.2) is 0 Å². The van der Waals surface area contributed by atoms with Gasteiger partial charge in [0, 0.05) is 20.1 Å². The van der Waals surface area contributed by atoms with Crippen molar-refractivity contribution in [3.05, 3.63) is 0 Å². The second-order valence-corrected chi connectivity index (χ2v) is 2.60. The Morgan fingerprint density at radius 3 is 1.91 bits per heavy atom. The van der Waals surface area contributed by atoms with Crippen LogP contribution < -0.4 is 0 Å². The molecule has 0 bridgehead atoms. The molecule has 0 heterocycles. The van der Waals surface area contributed by atoms with Crippen molar-refractivity contribution in [3.63, 3.8) is 0 Å². The SMILES string of the molecule is CCOC(CC)(OC)N(C)C. The molecule has 0 radical (unpaired) electrons. The van der Waals surface area contributed by atoms with Crippen molar-refractivity contribution < 1.29 is 9.47 Å². The van der Waals surface area contributed by atoms with Crippen LogP contribution in [0.15, 0.2) is 0 Å². The van der Waals surface area contributed by atoms with Gasteiger partial charge in [-0.1, -0.05) is 6.92 Å². The summed E-state index contributed by atoms with van der Waals surface area (Å²) in [6.07, 6.45) is 0.824. The highest BCUT2D eigenvalue weighted by Crippen LogP contribution is 2.18. The minimum absolute atomic E-state index is 0.533. The molecule has 1 atom stereocenters. The molecule has 1 unspecified atom stereocenters. The first-order valence-electron chi connectivity index (χ1n) is 3.99. The average molecular weight is 161 g/mol. The van der Waals surface area contributed by atoms with Gasteiger partial charge in [0.05, 0.1) is 0 Å². The van der Waals surface area contributed by atoms with E-state index in [1.54, 1.807) is 7.11 Å². The molecule has 68 valence electrons. The van der Waals surface area contributed by atoms with Gasteiger partial charge < -0.3 is 9.47 Å². The zero-order chi connectivity index (χ0) is 8.91. The van der Waals surface area contributed by atoms with Crippen molar-refractivity contribution in [2.45, 2.75) is 26.2 Å². The van der Waals surface area contributed by atoms with Crippen molar-refractivity contribution in [3.8, 4) is 0 Å². The van der Waals surface area contributed by atoms with Crippen LogP contribution in [0.25, 0.3) is 0 Å². The smallest absolute Gasteiger partial charge is 0.228 e. The van der Waals surface area contributed by atoms with Gasteiger partial charge in [-0.05, 0) is 21.0 Å². The van der Waals surface area contributed by atoms with Crippen LogP contribution >= 0.6 is 0 Å². The number of ether oxygens (including phenoxy) is 2. The van der Waals surface area contributed by atoms with Crippen molar-refractivity contribution in [1.82, 2.24) is 4.90 Å². The highest BCUT2D eigenvalue weighted by Gasteiger charge is 2.30. The quantitative estimate of drug-likeness (QED) is 0.567. The van der Waals surface area contributed by atoms with Crippen LogP contribution in [0.3, 0.4) is 0 Å². The maximum absolute atomic E-state index is 5.49. The summed E-state index contributed by atoms with van der Waals surface area (Å²) in [6.45, 7) is 4.67. The first kappa shape index (κ1) is 10.9. The third-order valence-electron chi connectivity index (χ3n) is 1.82. The van der Waals surface area contributed by atoms with Gasteiger partial charge in [-0.3, -0.25) is 4.90 Å². The molecule has 0 aromatic carbocycles. The van der Waals surface area contributed by atoms with E-state index in [2.05, 4.69) is 0 Å². The standard InChI is InChI=1S/C8H19NO2/c1-6-8(10-5,9(3)4)11-7-2/h6-7H2,1-5H3. The summed E-state index contributed by atoms with van der Waals surface area (Å²) in [4.78, 5) is 1.94. The summed E-state index contributed by atoms with van der Waals surface area (Å²) >= 11 is 0. The third-order valence-corrected chi connectivity index (χ3v) is 1.82. The van der Waals surface area contributed by atoms with Gasteiger partial charge in [0.1, 0.15) is 0 Å². The van der Waals surface area contributed by atoms with Gasteiger partial charge in [0.15, 0.2) is 0 Å². The minimum atomic E-state index is -0.533. The van der Waals surface area contributed by atoms with Crippen LogP contribution in [0.2, 0.25) is 0 Å². The first-order valence-corrected chi connectivity index (χ1v) is 3.99. The highest BCUT2D eigenvalue weighted by molar-refractivity contribution is 4.62. The van der Waals surface area contributed by atoms with Gasteiger partial charge in [-0.2, -0.15) is 0 Å². The Morgan fingerprint density at radius 1 is 1.27 bits per heavy atom. The highest BCUT2D eigenvalue weighted by atomic mass is 16.7. The molecule has 0 aromatic rings. The molecule has 0 saturated carbocycles. The number of nitrogens with zero attached hydrogens (tertiary/aromatic N) is 1. The van der Waals surface area contributed by atoms with E-state index < -0.39 is 5.91 Å². The first-order chi connectivity index (χ1) is 5.13. The number of hydrogen-bond donors (Lipinski definition) is 0. The lowest BCUT2D eigenvalue weighted by molar-refractivity contribution is -0.294. The minimum Gasteiger partial charge on any atom is -0.341 e. The summed E-state index contributed by atoms with van der Waals surface area (Å²) < 4.78 is 10.8. The van der Waals surface area contributed by atoms with Gasteiger partial charge in [0.2, 0.25) is 5.91 Å². The van der Waals surface area contributed by atoms with Gasteiger partial charge in [0.25, 0.3) is 0 Å². The number of methoxy groups -OCH3 is 1. The molecule has 0 aliphatic heterocycles. The molecule has 0 spiro atoms. The second-order valence-electron chi connectivity index (χ2n) is 2.60.